The smallest absolute Gasteiger partial charge is 0.351 e. The molecule has 3 aromatic carbocycles. The summed E-state index contributed by atoms with van der Waals surface area (Å²) in [6.45, 7) is 7.13. The first-order chi connectivity index (χ1) is 19.7. The van der Waals surface area contributed by atoms with Gasteiger partial charge in [-0.1, -0.05) is 99.6 Å². The quantitative estimate of drug-likeness (QED) is 0.200. The first kappa shape index (κ1) is 29.7. The predicted octanol–water partition coefficient (Wildman–Crippen LogP) is 5.26. The number of amides is 1. The van der Waals surface area contributed by atoms with Crippen LogP contribution in [0.25, 0.3) is 0 Å². The SMILES string of the molecule is CC(C)(C)[Si](OC[C@@H]1O[C@H](n2cc(I)c(NC(=O)c3ccccc3)nc2=O)CS1)(c1ccccc1)c1ccccc1. The molecule has 1 aliphatic rings. The zero-order valence-electron chi connectivity index (χ0n) is 23.1. The van der Waals surface area contributed by atoms with Crippen molar-refractivity contribution in [1.82, 2.24) is 9.55 Å². The van der Waals surface area contributed by atoms with Gasteiger partial charge in [-0.15, -0.1) is 11.8 Å². The fourth-order valence-electron chi connectivity index (χ4n) is 5.14. The fourth-order valence-corrected chi connectivity index (χ4v) is 11.4. The molecule has 212 valence electrons. The van der Waals surface area contributed by atoms with Crippen LogP contribution in [0.1, 0.15) is 37.4 Å². The number of nitrogens with zero attached hydrogens (tertiary/aromatic N) is 2. The van der Waals surface area contributed by atoms with E-state index in [1.807, 2.05) is 18.2 Å². The second kappa shape index (κ2) is 12.6. The van der Waals surface area contributed by atoms with Crippen molar-refractivity contribution in [3.05, 3.63) is 117 Å². The minimum Gasteiger partial charge on any atom is -0.404 e. The van der Waals surface area contributed by atoms with Crippen molar-refractivity contribution in [1.29, 1.82) is 0 Å². The minimum absolute atomic E-state index is 0.143. The molecular formula is C31H32IN3O4SSi. The molecule has 0 saturated carbocycles. The normalized spacial score (nSPS) is 17.4. The van der Waals surface area contributed by atoms with Gasteiger partial charge in [0.15, 0.2) is 5.82 Å². The highest BCUT2D eigenvalue weighted by atomic mass is 127. The lowest BCUT2D eigenvalue weighted by molar-refractivity contribution is -0.00360. The molecule has 0 unspecified atom stereocenters. The number of anilines is 1. The Morgan fingerprint density at radius 1 is 1.02 bits per heavy atom. The van der Waals surface area contributed by atoms with Gasteiger partial charge in [0.2, 0.25) is 0 Å². The van der Waals surface area contributed by atoms with E-state index in [9.17, 15) is 9.59 Å². The first-order valence-electron chi connectivity index (χ1n) is 13.4. The molecule has 1 fully saturated rings. The van der Waals surface area contributed by atoms with Gasteiger partial charge < -0.3 is 14.5 Å². The van der Waals surface area contributed by atoms with E-state index in [2.05, 4.69) is 102 Å². The molecule has 0 bridgehead atoms. The van der Waals surface area contributed by atoms with Crippen molar-refractivity contribution in [3.8, 4) is 0 Å². The van der Waals surface area contributed by atoms with Gasteiger partial charge in [0, 0.05) is 17.5 Å². The molecule has 0 spiro atoms. The highest BCUT2D eigenvalue weighted by Crippen LogP contribution is 2.39. The Morgan fingerprint density at radius 3 is 2.15 bits per heavy atom. The molecule has 1 amide bonds. The number of carbonyl (C=O) groups excluding carboxylic acids is 1. The zero-order chi connectivity index (χ0) is 29.0. The molecule has 1 N–H and O–H groups in total. The van der Waals surface area contributed by atoms with E-state index >= 15 is 0 Å². The number of benzene rings is 3. The van der Waals surface area contributed by atoms with Crippen LogP contribution >= 0.6 is 34.4 Å². The van der Waals surface area contributed by atoms with Crippen LogP contribution in [-0.4, -0.2) is 41.6 Å². The molecule has 1 aliphatic heterocycles. The summed E-state index contributed by atoms with van der Waals surface area (Å²) in [7, 11) is -2.70. The number of thioether (sulfide) groups is 1. The van der Waals surface area contributed by atoms with Crippen molar-refractivity contribution >= 4 is 64.8 Å². The maximum Gasteiger partial charge on any atom is 0.351 e. The number of ether oxygens (including phenoxy) is 1. The minimum atomic E-state index is -2.70. The third-order valence-electron chi connectivity index (χ3n) is 7.07. The number of halogens is 1. The highest BCUT2D eigenvalue weighted by molar-refractivity contribution is 14.1. The predicted molar refractivity (Wildman–Crippen MR) is 176 cm³/mol. The topological polar surface area (TPSA) is 82.4 Å². The number of aromatic nitrogens is 2. The van der Waals surface area contributed by atoms with E-state index in [0.29, 0.717) is 21.5 Å². The Bertz CT molecular complexity index is 1510. The molecule has 4 aromatic rings. The first-order valence-corrected chi connectivity index (χ1v) is 17.4. The summed E-state index contributed by atoms with van der Waals surface area (Å²) in [6.07, 6.45) is 1.20. The van der Waals surface area contributed by atoms with E-state index in [1.54, 1.807) is 42.2 Å². The molecule has 1 saturated heterocycles. The molecule has 5 rings (SSSR count). The Hall–Kier alpha value is -2.77. The average Bonchev–Trinajstić information content (AvgIpc) is 3.45. The summed E-state index contributed by atoms with van der Waals surface area (Å²) in [5.41, 5.74) is -0.231. The molecule has 2 atom stereocenters. The van der Waals surface area contributed by atoms with Crippen LogP contribution in [0, 0.1) is 3.57 Å². The number of nitrogens with one attached hydrogen (secondary N) is 1. The van der Waals surface area contributed by atoms with Gasteiger partial charge in [0.05, 0.1) is 10.2 Å². The summed E-state index contributed by atoms with van der Waals surface area (Å²) in [5, 5.41) is 5.02. The Morgan fingerprint density at radius 2 is 1.59 bits per heavy atom. The van der Waals surface area contributed by atoms with Gasteiger partial charge >= 0.3 is 5.69 Å². The fraction of sp³-hybridized carbons (Fsp3) is 0.258. The molecule has 1 aromatic heterocycles. The lowest BCUT2D eigenvalue weighted by atomic mass is 10.2. The summed E-state index contributed by atoms with van der Waals surface area (Å²) >= 11 is 3.71. The maximum atomic E-state index is 13.0. The molecule has 0 radical (unpaired) electrons. The van der Waals surface area contributed by atoms with Crippen LogP contribution in [0.5, 0.6) is 0 Å². The van der Waals surface area contributed by atoms with Crippen molar-refractivity contribution in [3.63, 3.8) is 0 Å². The van der Waals surface area contributed by atoms with Crippen LogP contribution < -0.4 is 21.4 Å². The number of hydrogen-bond donors (Lipinski definition) is 1. The average molecular weight is 698 g/mol. The van der Waals surface area contributed by atoms with Gasteiger partial charge in [-0.05, 0) is 50.1 Å². The standard InChI is InChI=1S/C31H32IN3O4SSi/c1-31(2,3)41(23-15-9-5-10-16-23,24-17-11-6-12-18-24)38-20-27-39-26(21-40-27)35-19-25(32)28(34-30(35)37)33-29(36)22-13-7-4-8-14-22/h4-19,26-27H,20-21H2,1-3H3,(H,33,34,36,37)/t26-,27+/m0/s1. The van der Waals surface area contributed by atoms with Crippen LogP contribution in [0.4, 0.5) is 5.82 Å². The highest BCUT2D eigenvalue weighted by Gasteiger charge is 2.50. The third kappa shape index (κ3) is 6.36. The van der Waals surface area contributed by atoms with Gasteiger partial charge in [0.1, 0.15) is 11.7 Å². The van der Waals surface area contributed by atoms with Crippen LogP contribution in [0.15, 0.2) is 102 Å². The summed E-state index contributed by atoms with van der Waals surface area (Å²) < 4.78 is 15.5. The molecule has 41 heavy (non-hydrogen) atoms. The van der Waals surface area contributed by atoms with E-state index < -0.39 is 20.2 Å². The summed E-state index contributed by atoms with van der Waals surface area (Å²) in [5.74, 6) is 0.501. The van der Waals surface area contributed by atoms with E-state index in [4.69, 9.17) is 9.16 Å². The van der Waals surface area contributed by atoms with Crippen molar-refractivity contribution in [2.45, 2.75) is 37.5 Å². The number of rotatable bonds is 8. The van der Waals surface area contributed by atoms with Gasteiger partial charge in [-0.2, -0.15) is 4.98 Å². The molecule has 2 heterocycles. The van der Waals surface area contributed by atoms with E-state index in [0.717, 1.165) is 0 Å². The second-order valence-electron chi connectivity index (χ2n) is 10.8. The van der Waals surface area contributed by atoms with Crippen LogP contribution in [0.3, 0.4) is 0 Å². The molecule has 10 heteroatoms. The van der Waals surface area contributed by atoms with E-state index in [1.165, 1.54) is 14.9 Å². The summed E-state index contributed by atoms with van der Waals surface area (Å²) in [4.78, 5) is 29.8. The Labute approximate surface area is 259 Å². The zero-order valence-corrected chi connectivity index (χ0v) is 27.1. The van der Waals surface area contributed by atoms with Crippen molar-refractivity contribution in [2.24, 2.45) is 0 Å². The summed E-state index contributed by atoms with van der Waals surface area (Å²) in [6, 6.07) is 29.8. The second-order valence-corrected chi connectivity index (χ2v) is 17.4. The largest absolute Gasteiger partial charge is 0.404 e. The molecular weight excluding hydrogens is 665 g/mol. The number of carbonyl (C=O) groups is 1. The lowest BCUT2D eigenvalue weighted by Crippen LogP contribution is -2.67. The lowest BCUT2D eigenvalue weighted by Gasteiger charge is -2.43. The molecule has 7 nitrogen and oxygen atoms in total. The monoisotopic (exact) mass is 697 g/mol. The Balaban J connectivity index is 1.33. The van der Waals surface area contributed by atoms with E-state index in [-0.39, 0.29) is 22.2 Å². The van der Waals surface area contributed by atoms with Gasteiger partial charge in [-0.3, -0.25) is 9.36 Å². The molecule has 0 aliphatic carbocycles. The Kier molecular flexibility index (Phi) is 9.14. The number of hydrogen-bond acceptors (Lipinski definition) is 6. The van der Waals surface area contributed by atoms with Crippen LogP contribution in [0.2, 0.25) is 5.04 Å². The van der Waals surface area contributed by atoms with Gasteiger partial charge in [-0.25, -0.2) is 4.79 Å². The third-order valence-corrected chi connectivity index (χ3v) is 14.0. The van der Waals surface area contributed by atoms with Crippen LogP contribution in [-0.2, 0) is 9.16 Å². The van der Waals surface area contributed by atoms with Gasteiger partial charge in [0.25, 0.3) is 14.2 Å². The maximum absolute atomic E-state index is 13.0. The van der Waals surface area contributed by atoms with Crippen molar-refractivity contribution < 1.29 is 14.0 Å². The van der Waals surface area contributed by atoms with Crippen molar-refractivity contribution in [2.75, 3.05) is 17.7 Å².